The van der Waals surface area contributed by atoms with E-state index in [0.29, 0.717) is 22.2 Å². The smallest absolute Gasteiger partial charge is 0.275 e. The van der Waals surface area contributed by atoms with Crippen LogP contribution >= 0.6 is 11.6 Å². The second-order valence-corrected chi connectivity index (χ2v) is 5.77. The lowest BCUT2D eigenvalue weighted by Gasteiger charge is -2.06. The fourth-order valence-corrected chi connectivity index (χ4v) is 2.68. The SMILES string of the molecule is O=C(Nc1cccc(-c2c[nH]c3ncc(Cl)cc23)n1)c1ccccn1. The summed E-state index contributed by atoms with van der Waals surface area (Å²) in [5.74, 6) is 0.131. The molecule has 6 nitrogen and oxygen atoms in total. The van der Waals surface area contributed by atoms with Crippen LogP contribution in [0.2, 0.25) is 5.02 Å². The van der Waals surface area contributed by atoms with Gasteiger partial charge in [-0.25, -0.2) is 9.97 Å². The molecule has 4 heterocycles. The minimum absolute atomic E-state index is 0.311. The number of amides is 1. The highest BCUT2D eigenvalue weighted by atomic mass is 35.5. The van der Waals surface area contributed by atoms with Crippen LogP contribution < -0.4 is 5.32 Å². The number of nitrogens with one attached hydrogen (secondary N) is 2. The number of halogens is 1. The van der Waals surface area contributed by atoms with Crippen LogP contribution in [0.1, 0.15) is 10.5 Å². The summed E-state index contributed by atoms with van der Waals surface area (Å²) in [6.45, 7) is 0. The fourth-order valence-electron chi connectivity index (χ4n) is 2.52. The number of hydrogen-bond donors (Lipinski definition) is 2. The molecular formula is C18H12ClN5O. The lowest BCUT2D eigenvalue weighted by molar-refractivity contribution is 0.102. The highest BCUT2D eigenvalue weighted by Gasteiger charge is 2.11. The molecular weight excluding hydrogens is 338 g/mol. The highest BCUT2D eigenvalue weighted by Crippen LogP contribution is 2.28. The van der Waals surface area contributed by atoms with Gasteiger partial charge in [0, 0.05) is 29.5 Å². The maximum absolute atomic E-state index is 12.2. The van der Waals surface area contributed by atoms with E-state index in [1.807, 2.05) is 24.4 Å². The van der Waals surface area contributed by atoms with Gasteiger partial charge in [0.15, 0.2) is 0 Å². The molecule has 4 aromatic heterocycles. The van der Waals surface area contributed by atoms with Crippen molar-refractivity contribution in [2.24, 2.45) is 0 Å². The maximum Gasteiger partial charge on any atom is 0.275 e. The highest BCUT2D eigenvalue weighted by molar-refractivity contribution is 6.31. The number of fused-ring (bicyclic) bond motifs is 1. The molecule has 0 aromatic carbocycles. The number of pyridine rings is 3. The lowest BCUT2D eigenvalue weighted by Crippen LogP contribution is -2.14. The van der Waals surface area contributed by atoms with Crippen molar-refractivity contribution in [2.45, 2.75) is 0 Å². The van der Waals surface area contributed by atoms with E-state index in [1.165, 1.54) is 0 Å². The summed E-state index contributed by atoms with van der Waals surface area (Å²) in [4.78, 5) is 28.1. The molecule has 0 aliphatic carbocycles. The molecule has 4 aromatic rings. The molecule has 0 aliphatic heterocycles. The molecule has 4 rings (SSSR count). The van der Waals surface area contributed by atoms with Crippen molar-refractivity contribution in [3.05, 3.63) is 71.8 Å². The second-order valence-electron chi connectivity index (χ2n) is 5.33. The molecule has 0 radical (unpaired) electrons. The van der Waals surface area contributed by atoms with Gasteiger partial charge in [-0.15, -0.1) is 0 Å². The summed E-state index contributed by atoms with van der Waals surface area (Å²) in [6, 6.07) is 12.4. The van der Waals surface area contributed by atoms with Gasteiger partial charge >= 0.3 is 0 Å². The van der Waals surface area contributed by atoms with E-state index in [9.17, 15) is 4.79 Å². The molecule has 0 atom stereocenters. The Labute approximate surface area is 147 Å². The predicted molar refractivity (Wildman–Crippen MR) is 96.5 cm³/mol. The zero-order valence-corrected chi connectivity index (χ0v) is 13.7. The van der Waals surface area contributed by atoms with Gasteiger partial charge in [0.2, 0.25) is 0 Å². The Balaban J connectivity index is 1.67. The van der Waals surface area contributed by atoms with Crippen LogP contribution in [0.15, 0.2) is 61.1 Å². The first-order valence-electron chi connectivity index (χ1n) is 7.53. The van der Waals surface area contributed by atoms with Crippen LogP contribution in [0.5, 0.6) is 0 Å². The molecule has 7 heteroatoms. The number of anilines is 1. The first-order chi connectivity index (χ1) is 12.2. The molecule has 0 bridgehead atoms. The zero-order valence-electron chi connectivity index (χ0n) is 12.9. The Morgan fingerprint density at radius 3 is 2.88 bits per heavy atom. The third-order valence-electron chi connectivity index (χ3n) is 3.66. The van der Waals surface area contributed by atoms with E-state index in [0.717, 1.165) is 16.6 Å². The number of H-pyrrole nitrogens is 1. The van der Waals surface area contributed by atoms with Crippen molar-refractivity contribution >= 4 is 34.4 Å². The first kappa shape index (κ1) is 15.3. The molecule has 0 spiro atoms. The fraction of sp³-hybridized carbons (Fsp3) is 0. The third kappa shape index (κ3) is 3.07. The Bertz CT molecular complexity index is 1060. The predicted octanol–water partition coefficient (Wildman–Crippen LogP) is 3.93. The van der Waals surface area contributed by atoms with Gasteiger partial charge in [0.1, 0.15) is 17.2 Å². The molecule has 0 saturated heterocycles. The standard InChI is InChI=1S/C18H12ClN5O/c19-11-8-12-13(10-22-17(12)21-9-11)14-5-3-6-16(23-14)24-18(25)15-4-1-2-7-20-15/h1-10H,(H,21,22)(H,23,24,25). The van der Waals surface area contributed by atoms with E-state index in [1.54, 1.807) is 36.7 Å². The molecule has 1 amide bonds. The number of nitrogens with zero attached hydrogens (tertiary/aromatic N) is 3. The van der Waals surface area contributed by atoms with Gasteiger partial charge in [-0.05, 0) is 30.3 Å². The van der Waals surface area contributed by atoms with Crippen molar-refractivity contribution in [1.29, 1.82) is 0 Å². The summed E-state index contributed by atoms with van der Waals surface area (Å²) < 4.78 is 0. The average molecular weight is 350 g/mol. The van der Waals surface area contributed by atoms with E-state index in [-0.39, 0.29) is 5.91 Å². The van der Waals surface area contributed by atoms with E-state index >= 15 is 0 Å². The summed E-state index contributed by atoms with van der Waals surface area (Å²) in [7, 11) is 0. The van der Waals surface area contributed by atoms with Crippen LogP contribution in [-0.2, 0) is 0 Å². The van der Waals surface area contributed by atoms with Gasteiger partial charge in [0.05, 0.1) is 10.7 Å². The average Bonchev–Trinajstić information content (AvgIpc) is 3.05. The number of rotatable bonds is 3. The molecule has 0 saturated carbocycles. The van der Waals surface area contributed by atoms with Gasteiger partial charge in [-0.2, -0.15) is 0 Å². The third-order valence-corrected chi connectivity index (χ3v) is 3.87. The van der Waals surface area contributed by atoms with E-state index in [4.69, 9.17) is 11.6 Å². The number of carbonyl (C=O) groups excluding carboxylic acids is 1. The van der Waals surface area contributed by atoms with Gasteiger partial charge in [-0.1, -0.05) is 23.7 Å². The maximum atomic E-state index is 12.2. The Morgan fingerprint density at radius 2 is 2.04 bits per heavy atom. The second kappa shape index (κ2) is 6.33. The van der Waals surface area contributed by atoms with Crippen LogP contribution in [0, 0.1) is 0 Å². The van der Waals surface area contributed by atoms with Crippen LogP contribution in [0.3, 0.4) is 0 Å². The van der Waals surface area contributed by atoms with Crippen LogP contribution in [-0.4, -0.2) is 25.8 Å². The topological polar surface area (TPSA) is 83.6 Å². The van der Waals surface area contributed by atoms with Crippen molar-refractivity contribution < 1.29 is 4.79 Å². The summed E-state index contributed by atoms with van der Waals surface area (Å²) in [5.41, 5.74) is 2.62. The van der Waals surface area contributed by atoms with Gasteiger partial charge in [0.25, 0.3) is 5.91 Å². The summed E-state index contributed by atoms with van der Waals surface area (Å²) in [6.07, 6.45) is 4.98. The molecule has 122 valence electrons. The zero-order chi connectivity index (χ0) is 17.2. The number of carbonyl (C=O) groups is 1. The number of aromatic amines is 1. The normalized spacial score (nSPS) is 10.8. The van der Waals surface area contributed by atoms with E-state index in [2.05, 4.69) is 25.3 Å². The van der Waals surface area contributed by atoms with Crippen molar-refractivity contribution in [2.75, 3.05) is 5.32 Å². The molecule has 2 N–H and O–H groups in total. The minimum atomic E-state index is -0.311. The van der Waals surface area contributed by atoms with E-state index < -0.39 is 0 Å². The van der Waals surface area contributed by atoms with Crippen LogP contribution in [0.25, 0.3) is 22.3 Å². The summed E-state index contributed by atoms with van der Waals surface area (Å²) >= 11 is 6.04. The van der Waals surface area contributed by atoms with Gasteiger partial charge in [-0.3, -0.25) is 9.78 Å². The Hall–Kier alpha value is -3.25. The Morgan fingerprint density at radius 1 is 1.12 bits per heavy atom. The first-order valence-corrected chi connectivity index (χ1v) is 7.91. The molecule has 0 aliphatic rings. The van der Waals surface area contributed by atoms with Crippen molar-refractivity contribution in [3.8, 4) is 11.3 Å². The Kier molecular flexibility index (Phi) is 3.87. The minimum Gasteiger partial charge on any atom is -0.345 e. The monoisotopic (exact) mass is 349 g/mol. The van der Waals surface area contributed by atoms with Crippen molar-refractivity contribution in [1.82, 2.24) is 19.9 Å². The van der Waals surface area contributed by atoms with Crippen molar-refractivity contribution in [3.63, 3.8) is 0 Å². The lowest BCUT2D eigenvalue weighted by atomic mass is 10.1. The molecule has 25 heavy (non-hydrogen) atoms. The molecule has 0 unspecified atom stereocenters. The largest absolute Gasteiger partial charge is 0.345 e. The quantitative estimate of drug-likeness (QED) is 0.587. The van der Waals surface area contributed by atoms with Gasteiger partial charge < -0.3 is 10.3 Å². The molecule has 0 fully saturated rings. The number of aromatic nitrogens is 4. The number of hydrogen-bond acceptors (Lipinski definition) is 4. The summed E-state index contributed by atoms with van der Waals surface area (Å²) in [5, 5.41) is 4.17. The van der Waals surface area contributed by atoms with Crippen LogP contribution in [0.4, 0.5) is 5.82 Å².